The summed E-state index contributed by atoms with van der Waals surface area (Å²) in [4.78, 5) is 30.3. The number of aromatic nitrogens is 3. The van der Waals surface area contributed by atoms with Gasteiger partial charge in [-0.15, -0.1) is 0 Å². The first-order valence-corrected chi connectivity index (χ1v) is 8.30. The van der Waals surface area contributed by atoms with Crippen molar-refractivity contribution < 1.29 is 18.7 Å². The Morgan fingerprint density at radius 2 is 2.22 bits per heavy atom. The average Bonchev–Trinajstić information content (AvgIpc) is 3.26. The van der Waals surface area contributed by atoms with Crippen molar-refractivity contribution in [3.8, 4) is 5.88 Å². The number of amides is 2. The van der Waals surface area contributed by atoms with Gasteiger partial charge in [-0.1, -0.05) is 6.07 Å². The molecule has 1 aliphatic rings. The SMILES string of the molecule is COc1ccc(NC(=O)[C@H]2CC(=O)N(c3n[nH]c4cccc(F)c34)C2)cn1. The summed E-state index contributed by atoms with van der Waals surface area (Å²) in [6.45, 7) is 0.128. The molecule has 1 aromatic carbocycles. The number of fused-ring (bicyclic) bond motifs is 1. The first-order chi connectivity index (χ1) is 13.1. The van der Waals surface area contributed by atoms with Crippen molar-refractivity contribution in [3.63, 3.8) is 0 Å². The number of rotatable bonds is 4. The number of pyridine rings is 1. The summed E-state index contributed by atoms with van der Waals surface area (Å²) in [6, 6.07) is 7.83. The molecule has 0 bridgehead atoms. The van der Waals surface area contributed by atoms with Crippen LogP contribution in [-0.2, 0) is 9.59 Å². The highest BCUT2D eigenvalue weighted by atomic mass is 19.1. The molecule has 138 valence electrons. The second kappa shape index (κ2) is 6.67. The number of nitrogens with one attached hydrogen (secondary N) is 2. The van der Waals surface area contributed by atoms with Crippen LogP contribution in [0.5, 0.6) is 5.88 Å². The summed E-state index contributed by atoms with van der Waals surface area (Å²) in [6.07, 6.45) is 1.50. The molecule has 2 amide bonds. The minimum Gasteiger partial charge on any atom is -0.481 e. The molecule has 2 aromatic heterocycles. The number of carbonyl (C=O) groups excluding carboxylic acids is 2. The van der Waals surface area contributed by atoms with E-state index in [1.807, 2.05) is 0 Å². The Kier molecular flexibility index (Phi) is 4.19. The number of hydrogen-bond acceptors (Lipinski definition) is 5. The highest BCUT2D eigenvalue weighted by Crippen LogP contribution is 2.31. The van der Waals surface area contributed by atoms with E-state index < -0.39 is 11.7 Å². The maximum absolute atomic E-state index is 14.2. The van der Waals surface area contributed by atoms with Gasteiger partial charge in [-0.25, -0.2) is 9.37 Å². The number of benzene rings is 1. The van der Waals surface area contributed by atoms with E-state index in [1.165, 1.54) is 24.3 Å². The summed E-state index contributed by atoms with van der Waals surface area (Å²) < 4.78 is 19.1. The fourth-order valence-corrected chi connectivity index (χ4v) is 3.12. The zero-order chi connectivity index (χ0) is 19.0. The number of aromatic amines is 1. The molecule has 1 atom stereocenters. The monoisotopic (exact) mass is 369 g/mol. The van der Waals surface area contributed by atoms with E-state index in [1.54, 1.807) is 24.3 Å². The van der Waals surface area contributed by atoms with Crippen molar-refractivity contribution in [1.82, 2.24) is 15.2 Å². The predicted octanol–water partition coefficient (Wildman–Crippen LogP) is 2.10. The number of carbonyl (C=O) groups is 2. The van der Waals surface area contributed by atoms with Crippen LogP contribution >= 0.6 is 0 Å². The molecule has 0 unspecified atom stereocenters. The van der Waals surface area contributed by atoms with Crippen LogP contribution in [0.15, 0.2) is 36.5 Å². The van der Waals surface area contributed by atoms with Gasteiger partial charge < -0.3 is 10.1 Å². The smallest absolute Gasteiger partial charge is 0.229 e. The molecule has 1 aliphatic heterocycles. The molecular weight excluding hydrogens is 353 g/mol. The number of H-pyrrole nitrogens is 1. The largest absolute Gasteiger partial charge is 0.481 e. The van der Waals surface area contributed by atoms with E-state index in [2.05, 4.69) is 20.5 Å². The molecule has 0 radical (unpaired) electrons. The van der Waals surface area contributed by atoms with Crippen molar-refractivity contribution in [2.75, 3.05) is 23.9 Å². The fraction of sp³-hybridized carbons (Fsp3) is 0.222. The van der Waals surface area contributed by atoms with Crippen LogP contribution in [0, 0.1) is 11.7 Å². The maximum atomic E-state index is 14.2. The van der Waals surface area contributed by atoms with Crippen molar-refractivity contribution in [2.45, 2.75) is 6.42 Å². The molecule has 4 rings (SSSR count). The third-order valence-corrected chi connectivity index (χ3v) is 4.48. The van der Waals surface area contributed by atoms with Crippen molar-refractivity contribution in [3.05, 3.63) is 42.3 Å². The zero-order valence-corrected chi connectivity index (χ0v) is 14.4. The lowest BCUT2D eigenvalue weighted by molar-refractivity contribution is -0.122. The number of nitrogens with zero attached hydrogens (tertiary/aromatic N) is 3. The van der Waals surface area contributed by atoms with Crippen LogP contribution in [0.25, 0.3) is 10.9 Å². The van der Waals surface area contributed by atoms with E-state index in [-0.39, 0.29) is 36.0 Å². The van der Waals surface area contributed by atoms with Crippen LogP contribution in [0.2, 0.25) is 0 Å². The number of anilines is 2. The Balaban J connectivity index is 1.52. The molecule has 1 saturated heterocycles. The highest BCUT2D eigenvalue weighted by Gasteiger charge is 2.37. The third kappa shape index (κ3) is 3.07. The number of hydrogen-bond donors (Lipinski definition) is 2. The fourth-order valence-electron chi connectivity index (χ4n) is 3.12. The first kappa shape index (κ1) is 17.0. The third-order valence-electron chi connectivity index (χ3n) is 4.48. The summed E-state index contributed by atoms with van der Waals surface area (Å²) in [5.74, 6) is -0.991. The van der Waals surface area contributed by atoms with Crippen LogP contribution in [0.4, 0.5) is 15.9 Å². The highest BCUT2D eigenvalue weighted by molar-refractivity contribution is 6.07. The minimum absolute atomic E-state index is 0.0260. The van der Waals surface area contributed by atoms with Gasteiger partial charge in [0.1, 0.15) is 5.82 Å². The van der Waals surface area contributed by atoms with E-state index >= 15 is 0 Å². The quantitative estimate of drug-likeness (QED) is 0.734. The molecule has 3 aromatic rings. The second-order valence-corrected chi connectivity index (χ2v) is 6.19. The summed E-state index contributed by atoms with van der Waals surface area (Å²) >= 11 is 0. The minimum atomic E-state index is -0.571. The molecule has 3 heterocycles. The molecule has 27 heavy (non-hydrogen) atoms. The van der Waals surface area contributed by atoms with Crippen LogP contribution < -0.4 is 15.0 Å². The Hall–Kier alpha value is -3.49. The molecule has 8 nitrogen and oxygen atoms in total. The average molecular weight is 369 g/mol. The topological polar surface area (TPSA) is 100 Å². The molecule has 2 N–H and O–H groups in total. The first-order valence-electron chi connectivity index (χ1n) is 8.30. The van der Waals surface area contributed by atoms with E-state index in [0.29, 0.717) is 17.1 Å². The summed E-state index contributed by atoms with van der Waals surface area (Å²) in [7, 11) is 1.50. The molecule has 0 aliphatic carbocycles. The van der Waals surface area contributed by atoms with E-state index in [4.69, 9.17) is 4.74 Å². The van der Waals surface area contributed by atoms with Gasteiger partial charge in [-0.05, 0) is 18.2 Å². The van der Waals surface area contributed by atoms with Gasteiger partial charge in [0, 0.05) is 19.0 Å². The molecule has 1 fully saturated rings. The Morgan fingerprint density at radius 1 is 1.37 bits per heavy atom. The van der Waals surface area contributed by atoms with Crippen molar-refractivity contribution >= 4 is 34.2 Å². The zero-order valence-electron chi connectivity index (χ0n) is 14.4. The van der Waals surface area contributed by atoms with Gasteiger partial charge in [0.25, 0.3) is 0 Å². The van der Waals surface area contributed by atoms with Gasteiger partial charge in [0.2, 0.25) is 17.7 Å². The van der Waals surface area contributed by atoms with Gasteiger partial charge in [0.05, 0.1) is 35.8 Å². The summed E-state index contributed by atoms with van der Waals surface area (Å²) in [5.41, 5.74) is 0.998. The van der Waals surface area contributed by atoms with Crippen LogP contribution in [0.3, 0.4) is 0 Å². The Bertz CT molecular complexity index is 1020. The maximum Gasteiger partial charge on any atom is 0.229 e. The van der Waals surface area contributed by atoms with Gasteiger partial charge in [-0.2, -0.15) is 5.10 Å². The van der Waals surface area contributed by atoms with Crippen LogP contribution in [0.1, 0.15) is 6.42 Å². The standard InChI is InChI=1S/C18H16FN5O3/c1-27-14-6-5-11(8-20-14)21-18(26)10-7-15(25)24(9-10)17-16-12(19)3-2-4-13(16)22-23-17/h2-6,8,10H,7,9H2,1H3,(H,21,26)(H,22,23)/t10-/m0/s1. The number of methoxy groups -OCH3 is 1. The van der Waals surface area contributed by atoms with E-state index in [9.17, 15) is 14.0 Å². The van der Waals surface area contributed by atoms with E-state index in [0.717, 1.165) is 0 Å². The number of ether oxygens (including phenoxy) is 1. The lowest BCUT2D eigenvalue weighted by Gasteiger charge is -2.14. The molecule has 0 spiro atoms. The van der Waals surface area contributed by atoms with Crippen molar-refractivity contribution in [1.29, 1.82) is 0 Å². The van der Waals surface area contributed by atoms with Gasteiger partial charge in [-0.3, -0.25) is 19.6 Å². The normalized spacial score (nSPS) is 16.7. The second-order valence-electron chi connectivity index (χ2n) is 6.19. The van der Waals surface area contributed by atoms with Crippen LogP contribution in [-0.4, -0.2) is 40.7 Å². The van der Waals surface area contributed by atoms with Gasteiger partial charge >= 0.3 is 0 Å². The molecular formula is C18H16FN5O3. The lowest BCUT2D eigenvalue weighted by atomic mass is 10.1. The summed E-state index contributed by atoms with van der Waals surface area (Å²) in [5, 5.41) is 9.76. The predicted molar refractivity (Wildman–Crippen MR) is 95.9 cm³/mol. The molecule has 9 heteroatoms. The molecule has 0 saturated carbocycles. The Morgan fingerprint density at radius 3 is 2.96 bits per heavy atom. The Labute approximate surface area is 153 Å². The van der Waals surface area contributed by atoms with Crippen molar-refractivity contribution in [2.24, 2.45) is 5.92 Å². The number of halogens is 1. The lowest BCUT2D eigenvalue weighted by Crippen LogP contribution is -2.28. The van der Waals surface area contributed by atoms with Gasteiger partial charge in [0.15, 0.2) is 5.82 Å².